The number of rotatable bonds is 4. The molecule has 0 unspecified atom stereocenters. The van der Waals surface area contributed by atoms with Crippen molar-refractivity contribution in [2.75, 3.05) is 0 Å². The van der Waals surface area contributed by atoms with Crippen LogP contribution in [0, 0.1) is 5.41 Å². The molecule has 0 amide bonds. The molecule has 1 aliphatic carbocycles. The van der Waals surface area contributed by atoms with E-state index in [1.807, 2.05) is 0 Å². The van der Waals surface area contributed by atoms with Gasteiger partial charge in [-0.15, -0.1) is 0 Å². The average Bonchev–Trinajstić information content (AvgIpc) is 2.97. The molecule has 0 radical (unpaired) electrons. The zero-order valence-corrected chi connectivity index (χ0v) is 11.7. The largest absolute Gasteiger partial charge is 0.325 e. The molecular formula is C14H20BrN. The van der Waals surface area contributed by atoms with Gasteiger partial charge in [0.1, 0.15) is 0 Å². The molecule has 0 aliphatic heterocycles. The predicted molar refractivity (Wildman–Crippen MR) is 72.4 cm³/mol. The van der Waals surface area contributed by atoms with Gasteiger partial charge in [-0.1, -0.05) is 28.1 Å². The van der Waals surface area contributed by atoms with Crippen molar-refractivity contribution in [2.24, 2.45) is 11.1 Å². The molecule has 2 heteroatoms. The number of benzene rings is 1. The molecule has 0 bridgehead atoms. The molecule has 2 N–H and O–H groups in total. The van der Waals surface area contributed by atoms with Crippen molar-refractivity contribution >= 4 is 15.9 Å². The third-order valence-electron chi connectivity index (χ3n) is 4.03. The van der Waals surface area contributed by atoms with Gasteiger partial charge in [-0.3, -0.25) is 0 Å². The minimum Gasteiger partial charge on any atom is -0.325 e. The van der Waals surface area contributed by atoms with Crippen LogP contribution < -0.4 is 5.73 Å². The van der Waals surface area contributed by atoms with Gasteiger partial charge in [-0.25, -0.2) is 0 Å². The van der Waals surface area contributed by atoms with E-state index < -0.39 is 0 Å². The number of aryl methyl sites for hydroxylation is 1. The Hall–Kier alpha value is -0.340. The minimum atomic E-state index is -0.0254. The zero-order chi connectivity index (χ0) is 11.8. The number of hydrogen-bond acceptors (Lipinski definition) is 1. The van der Waals surface area contributed by atoms with Crippen LogP contribution in [0.15, 0.2) is 28.7 Å². The van der Waals surface area contributed by atoms with E-state index in [4.69, 9.17) is 5.73 Å². The Bertz CT molecular complexity index is 357. The maximum Gasteiger partial charge on any atom is 0.0175 e. The Morgan fingerprint density at radius 3 is 2.25 bits per heavy atom. The predicted octanol–water partition coefficient (Wildman–Crippen LogP) is 3.90. The summed E-state index contributed by atoms with van der Waals surface area (Å²) in [5.74, 6) is 0. The molecule has 1 aliphatic rings. The lowest BCUT2D eigenvalue weighted by Crippen LogP contribution is -2.42. The van der Waals surface area contributed by atoms with Crippen molar-refractivity contribution in [2.45, 2.75) is 45.1 Å². The summed E-state index contributed by atoms with van der Waals surface area (Å²) < 4.78 is 1.15. The molecule has 0 heterocycles. The zero-order valence-electron chi connectivity index (χ0n) is 10.1. The topological polar surface area (TPSA) is 26.0 Å². The fourth-order valence-electron chi connectivity index (χ4n) is 2.40. The van der Waals surface area contributed by atoms with Gasteiger partial charge >= 0.3 is 0 Å². The summed E-state index contributed by atoms with van der Waals surface area (Å²) in [6.07, 6.45) is 4.96. The van der Waals surface area contributed by atoms with Crippen molar-refractivity contribution in [3.8, 4) is 0 Å². The second kappa shape index (κ2) is 4.15. The summed E-state index contributed by atoms with van der Waals surface area (Å²) in [6, 6.07) is 8.62. The molecule has 1 saturated carbocycles. The molecular weight excluding hydrogens is 262 g/mol. The van der Waals surface area contributed by atoms with Crippen LogP contribution in [-0.2, 0) is 6.42 Å². The first kappa shape index (κ1) is 12.1. The number of hydrogen-bond donors (Lipinski definition) is 1. The van der Waals surface area contributed by atoms with Crippen molar-refractivity contribution in [1.29, 1.82) is 0 Å². The highest BCUT2D eigenvalue weighted by atomic mass is 79.9. The van der Waals surface area contributed by atoms with Crippen LogP contribution in [0.2, 0.25) is 0 Å². The maximum atomic E-state index is 6.26. The average molecular weight is 282 g/mol. The summed E-state index contributed by atoms with van der Waals surface area (Å²) >= 11 is 3.46. The van der Waals surface area contributed by atoms with Crippen LogP contribution >= 0.6 is 15.9 Å². The van der Waals surface area contributed by atoms with Crippen LogP contribution in [0.1, 0.15) is 38.7 Å². The van der Waals surface area contributed by atoms with E-state index in [1.54, 1.807) is 0 Å². The molecule has 0 aromatic heterocycles. The van der Waals surface area contributed by atoms with Gasteiger partial charge in [0, 0.05) is 10.0 Å². The first-order chi connectivity index (χ1) is 7.43. The molecule has 2 rings (SSSR count). The number of nitrogens with two attached hydrogens (primary N) is 1. The van der Waals surface area contributed by atoms with E-state index in [0.717, 1.165) is 10.9 Å². The smallest absolute Gasteiger partial charge is 0.0175 e. The van der Waals surface area contributed by atoms with Crippen molar-refractivity contribution in [1.82, 2.24) is 0 Å². The molecule has 1 aromatic rings. The van der Waals surface area contributed by atoms with E-state index in [-0.39, 0.29) is 5.54 Å². The molecule has 0 saturated heterocycles. The first-order valence-corrected chi connectivity index (χ1v) is 6.76. The van der Waals surface area contributed by atoms with Crippen LogP contribution in [-0.4, -0.2) is 5.54 Å². The summed E-state index contributed by atoms with van der Waals surface area (Å²) in [6.45, 7) is 4.34. The van der Waals surface area contributed by atoms with Gasteiger partial charge in [0.2, 0.25) is 0 Å². The van der Waals surface area contributed by atoms with E-state index in [2.05, 4.69) is 54.0 Å². The third-order valence-corrected chi connectivity index (χ3v) is 4.55. The quantitative estimate of drug-likeness (QED) is 0.890. The standard InChI is InChI=1S/C14H20BrN/c1-13(2,16)14(9-10-14)8-7-11-3-5-12(15)6-4-11/h3-6H,7-10,16H2,1-2H3. The Kier molecular flexibility index (Phi) is 3.15. The van der Waals surface area contributed by atoms with Crippen molar-refractivity contribution in [3.05, 3.63) is 34.3 Å². The van der Waals surface area contributed by atoms with Gasteiger partial charge in [-0.05, 0) is 62.6 Å². The highest BCUT2D eigenvalue weighted by Crippen LogP contribution is 2.56. The third kappa shape index (κ3) is 2.49. The SMILES string of the molecule is CC(C)(N)C1(CCc2ccc(Br)cc2)CC1. The van der Waals surface area contributed by atoms with Gasteiger partial charge in [0.05, 0.1) is 0 Å². The van der Waals surface area contributed by atoms with Crippen LogP contribution in [0.4, 0.5) is 0 Å². The minimum absolute atomic E-state index is 0.0254. The van der Waals surface area contributed by atoms with Crippen LogP contribution in [0.25, 0.3) is 0 Å². The molecule has 1 aromatic carbocycles. The molecule has 16 heavy (non-hydrogen) atoms. The van der Waals surface area contributed by atoms with Crippen molar-refractivity contribution in [3.63, 3.8) is 0 Å². The van der Waals surface area contributed by atoms with Crippen LogP contribution in [0.5, 0.6) is 0 Å². The molecule has 1 nitrogen and oxygen atoms in total. The Labute approximate surface area is 107 Å². The fraction of sp³-hybridized carbons (Fsp3) is 0.571. The summed E-state index contributed by atoms with van der Waals surface area (Å²) in [7, 11) is 0. The second-order valence-electron chi connectivity index (χ2n) is 5.63. The lowest BCUT2D eigenvalue weighted by Gasteiger charge is -2.30. The highest BCUT2D eigenvalue weighted by molar-refractivity contribution is 9.10. The summed E-state index contributed by atoms with van der Waals surface area (Å²) in [4.78, 5) is 0. The molecule has 1 fully saturated rings. The van der Waals surface area contributed by atoms with Gasteiger partial charge in [-0.2, -0.15) is 0 Å². The van der Waals surface area contributed by atoms with Gasteiger partial charge in [0.25, 0.3) is 0 Å². The highest BCUT2D eigenvalue weighted by Gasteiger charge is 2.51. The molecule has 88 valence electrons. The van der Waals surface area contributed by atoms with Crippen LogP contribution in [0.3, 0.4) is 0 Å². The van der Waals surface area contributed by atoms with E-state index in [0.29, 0.717) is 5.41 Å². The van der Waals surface area contributed by atoms with Gasteiger partial charge < -0.3 is 5.73 Å². The summed E-state index contributed by atoms with van der Waals surface area (Å²) in [5, 5.41) is 0. The fourth-order valence-corrected chi connectivity index (χ4v) is 2.67. The van der Waals surface area contributed by atoms with E-state index in [1.165, 1.54) is 24.8 Å². The first-order valence-electron chi connectivity index (χ1n) is 5.96. The van der Waals surface area contributed by atoms with E-state index >= 15 is 0 Å². The lowest BCUT2D eigenvalue weighted by molar-refractivity contribution is 0.276. The molecule has 0 spiro atoms. The maximum absolute atomic E-state index is 6.26. The Morgan fingerprint density at radius 1 is 1.25 bits per heavy atom. The number of halogens is 1. The van der Waals surface area contributed by atoms with E-state index in [9.17, 15) is 0 Å². The summed E-state index contributed by atoms with van der Waals surface area (Å²) in [5.41, 5.74) is 8.05. The second-order valence-corrected chi connectivity index (χ2v) is 6.54. The van der Waals surface area contributed by atoms with Crippen molar-refractivity contribution < 1.29 is 0 Å². The Morgan fingerprint density at radius 2 is 1.81 bits per heavy atom. The van der Waals surface area contributed by atoms with Gasteiger partial charge in [0.15, 0.2) is 0 Å². The monoisotopic (exact) mass is 281 g/mol. The Balaban J connectivity index is 1.96. The molecule has 0 atom stereocenters. The lowest BCUT2D eigenvalue weighted by atomic mass is 9.80. The normalized spacial score (nSPS) is 18.5.